The summed E-state index contributed by atoms with van der Waals surface area (Å²) >= 11 is 0. The first-order valence-electron chi connectivity index (χ1n) is 9.66. The van der Waals surface area contributed by atoms with Crippen molar-refractivity contribution in [2.24, 2.45) is 0 Å². The van der Waals surface area contributed by atoms with Gasteiger partial charge in [-0.3, -0.25) is 9.59 Å². The number of fused-ring (bicyclic) bond motifs is 1. The van der Waals surface area contributed by atoms with Crippen molar-refractivity contribution < 1.29 is 27.1 Å². The molecule has 1 aliphatic rings. The van der Waals surface area contributed by atoms with Crippen LogP contribution in [-0.2, 0) is 9.84 Å². The van der Waals surface area contributed by atoms with Gasteiger partial charge in [-0.15, -0.1) is 0 Å². The summed E-state index contributed by atoms with van der Waals surface area (Å²) in [5.41, 5.74) is 0.451. The number of methoxy groups -OCH3 is 1. The number of amides is 1. The lowest BCUT2D eigenvalue weighted by Crippen LogP contribution is -2.35. The number of carbonyl (C=O) groups excluding carboxylic acids is 1. The number of benzene rings is 2. The Morgan fingerprint density at radius 1 is 1.13 bits per heavy atom. The van der Waals surface area contributed by atoms with E-state index in [0.29, 0.717) is 40.2 Å². The van der Waals surface area contributed by atoms with Crippen molar-refractivity contribution in [1.82, 2.24) is 5.32 Å². The molecule has 1 aliphatic heterocycles. The van der Waals surface area contributed by atoms with Crippen molar-refractivity contribution in [1.29, 1.82) is 0 Å². The molecule has 31 heavy (non-hydrogen) atoms. The van der Waals surface area contributed by atoms with Crippen molar-refractivity contribution >= 4 is 26.7 Å². The van der Waals surface area contributed by atoms with Crippen LogP contribution < -0.4 is 20.2 Å². The zero-order chi connectivity index (χ0) is 22.2. The summed E-state index contributed by atoms with van der Waals surface area (Å²) in [6.07, 6.45) is 0.415. The van der Waals surface area contributed by atoms with Gasteiger partial charge < -0.3 is 19.2 Å². The second-order valence-electron chi connectivity index (χ2n) is 7.38. The Balaban J connectivity index is 1.52. The largest absolute Gasteiger partial charge is 0.497 e. The molecule has 0 aliphatic carbocycles. The molecule has 1 fully saturated rings. The maximum Gasteiger partial charge on any atom is 0.251 e. The van der Waals surface area contributed by atoms with E-state index in [4.69, 9.17) is 13.9 Å². The van der Waals surface area contributed by atoms with Crippen molar-refractivity contribution in [3.05, 3.63) is 64.0 Å². The van der Waals surface area contributed by atoms with E-state index < -0.39 is 9.84 Å². The molecule has 0 spiro atoms. The minimum Gasteiger partial charge on any atom is -0.497 e. The third-order valence-corrected chi connectivity index (χ3v) is 6.89. The molecule has 3 aromatic rings. The molecule has 0 saturated carbocycles. The van der Waals surface area contributed by atoms with Crippen molar-refractivity contribution in [2.75, 3.05) is 18.6 Å². The van der Waals surface area contributed by atoms with Gasteiger partial charge in [-0.2, -0.15) is 0 Å². The van der Waals surface area contributed by atoms with Gasteiger partial charge in [0.1, 0.15) is 22.8 Å². The normalized spacial score (nSPS) is 17.4. The van der Waals surface area contributed by atoms with Gasteiger partial charge in [-0.05, 0) is 49.7 Å². The average molecular weight is 443 g/mol. The van der Waals surface area contributed by atoms with E-state index in [2.05, 4.69) is 5.32 Å². The second-order valence-corrected chi connectivity index (χ2v) is 9.61. The molecule has 1 saturated heterocycles. The molecule has 4 rings (SSSR count). The van der Waals surface area contributed by atoms with Crippen LogP contribution in [0.25, 0.3) is 11.0 Å². The number of aryl methyl sites for hydroxylation is 1. The fourth-order valence-electron chi connectivity index (χ4n) is 3.48. The minimum atomic E-state index is -3.07. The van der Waals surface area contributed by atoms with Crippen LogP contribution in [-0.4, -0.2) is 39.0 Å². The van der Waals surface area contributed by atoms with Crippen LogP contribution in [0.3, 0.4) is 0 Å². The van der Waals surface area contributed by atoms with Gasteiger partial charge in [0.05, 0.1) is 24.0 Å². The summed E-state index contributed by atoms with van der Waals surface area (Å²) in [5.74, 6) is 1.01. The van der Waals surface area contributed by atoms with E-state index in [-0.39, 0.29) is 34.6 Å². The highest BCUT2D eigenvalue weighted by molar-refractivity contribution is 7.91. The summed E-state index contributed by atoms with van der Waals surface area (Å²) in [6, 6.07) is 10.8. The summed E-state index contributed by atoms with van der Waals surface area (Å²) in [6.45, 7) is 1.63. The number of carbonyl (C=O) groups is 1. The number of ether oxygens (including phenoxy) is 2. The van der Waals surface area contributed by atoms with Crippen LogP contribution >= 0.6 is 0 Å². The van der Waals surface area contributed by atoms with E-state index in [1.165, 1.54) is 7.11 Å². The molecule has 0 radical (unpaired) electrons. The smallest absolute Gasteiger partial charge is 0.251 e. The van der Waals surface area contributed by atoms with Gasteiger partial charge in [0, 0.05) is 17.7 Å². The minimum absolute atomic E-state index is 0.0389. The van der Waals surface area contributed by atoms with Gasteiger partial charge in [-0.25, -0.2) is 8.42 Å². The summed E-state index contributed by atoms with van der Waals surface area (Å²) in [7, 11) is -1.54. The van der Waals surface area contributed by atoms with Gasteiger partial charge >= 0.3 is 0 Å². The van der Waals surface area contributed by atoms with Crippen LogP contribution in [0, 0.1) is 6.92 Å². The SMILES string of the molecule is COc1ccc2c(=O)c(Oc3ccc(C(=O)NC4CCS(=O)(=O)C4)cc3)c(C)oc2c1. The molecule has 1 atom stereocenters. The fourth-order valence-corrected chi connectivity index (χ4v) is 5.16. The number of nitrogens with one attached hydrogen (secondary N) is 1. The monoisotopic (exact) mass is 443 g/mol. The number of sulfone groups is 1. The summed E-state index contributed by atoms with van der Waals surface area (Å²) < 4.78 is 39.7. The first-order valence-corrected chi connectivity index (χ1v) is 11.5. The lowest BCUT2D eigenvalue weighted by atomic mass is 10.1. The zero-order valence-corrected chi connectivity index (χ0v) is 17.8. The number of rotatable bonds is 5. The van der Waals surface area contributed by atoms with E-state index in [1.54, 1.807) is 49.4 Å². The Labute approximate surface area is 178 Å². The molecule has 2 heterocycles. The molecule has 1 aromatic heterocycles. The molecule has 1 unspecified atom stereocenters. The molecular formula is C22H21NO7S. The molecule has 9 heteroatoms. The van der Waals surface area contributed by atoms with Crippen molar-refractivity contribution in [3.8, 4) is 17.2 Å². The molecule has 2 aromatic carbocycles. The maximum atomic E-state index is 12.8. The Hall–Kier alpha value is -3.33. The molecule has 1 N–H and O–H groups in total. The molecular weight excluding hydrogens is 422 g/mol. The van der Waals surface area contributed by atoms with Gasteiger partial charge in [-0.1, -0.05) is 0 Å². The topological polar surface area (TPSA) is 112 Å². The van der Waals surface area contributed by atoms with Crippen molar-refractivity contribution in [2.45, 2.75) is 19.4 Å². The maximum absolute atomic E-state index is 12.8. The van der Waals surface area contributed by atoms with Gasteiger partial charge in [0.25, 0.3) is 5.91 Å². The lowest BCUT2D eigenvalue weighted by Gasteiger charge is -2.12. The Morgan fingerprint density at radius 3 is 2.48 bits per heavy atom. The van der Waals surface area contributed by atoms with E-state index in [0.717, 1.165) is 0 Å². The predicted octanol–water partition coefficient (Wildman–Crippen LogP) is 2.82. The summed E-state index contributed by atoms with van der Waals surface area (Å²) in [5, 5.41) is 3.10. The molecule has 162 valence electrons. The standard InChI is InChI=1S/C22H21NO7S/c1-13-21(20(24)18-8-7-17(28-2)11-19(18)29-13)30-16-5-3-14(4-6-16)22(25)23-15-9-10-31(26,27)12-15/h3-8,11,15H,9-10,12H2,1-2H3,(H,23,25). The van der Waals surface area contributed by atoms with Crippen molar-refractivity contribution in [3.63, 3.8) is 0 Å². The Bertz CT molecular complexity index is 1310. The van der Waals surface area contributed by atoms with E-state index in [1.807, 2.05) is 0 Å². The highest BCUT2D eigenvalue weighted by Crippen LogP contribution is 2.27. The first kappa shape index (κ1) is 20.9. The highest BCUT2D eigenvalue weighted by atomic mass is 32.2. The molecule has 1 amide bonds. The zero-order valence-electron chi connectivity index (χ0n) is 17.0. The third kappa shape index (κ3) is 4.41. The summed E-state index contributed by atoms with van der Waals surface area (Å²) in [4.78, 5) is 25.2. The van der Waals surface area contributed by atoms with Crippen LogP contribution in [0.2, 0.25) is 0 Å². The quantitative estimate of drug-likeness (QED) is 0.645. The predicted molar refractivity (Wildman–Crippen MR) is 115 cm³/mol. The van der Waals surface area contributed by atoms with E-state index in [9.17, 15) is 18.0 Å². The molecule has 0 bridgehead atoms. The lowest BCUT2D eigenvalue weighted by molar-refractivity contribution is 0.0941. The Morgan fingerprint density at radius 2 is 1.84 bits per heavy atom. The average Bonchev–Trinajstić information content (AvgIpc) is 3.09. The third-order valence-electron chi connectivity index (χ3n) is 5.13. The first-order chi connectivity index (χ1) is 14.8. The second kappa shape index (κ2) is 8.07. The van der Waals surface area contributed by atoms with E-state index >= 15 is 0 Å². The van der Waals surface area contributed by atoms with Crippen LogP contribution in [0.5, 0.6) is 17.2 Å². The number of hydrogen-bond donors (Lipinski definition) is 1. The number of hydrogen-bond acceptors (Lipinski definition) is 7. The Kier molecular flexibility index (Phi) is 5.45. The highest BCUT2D eigenvalue weighted by Gasteiger charge is 2.29. The fraction of sp³-hybridized carbons (Fsp3) is 0.273. The van der Waals surface area contributed by atoms with Gasteiger partial charge in [0.15, 0.2) is 9.84 Å². The molecule has 8 nitrogen and oxygen atoms in total. The van der Waals surface area contributed by atoms with Crippen LogP contribution in [0.15, 0.2) is 51.7 Å². The van der Waals surface area contributed by atoms with Crippen LogP contribution in [0.1, 0.15) is 22.5 Å². The van der Waals surface area contributed by atoms with Crippen LogP contribution in [0.4, 0.5) is 0 Å². The van der Waals surface area contributed by atoms with Gasteiger partial charge in [0.2, 0.25) is 11.2 Å².